The molecule has 0 N–H and O–H groups in total. The standard InChI is InChI=1S/C17H25NO/c1-3-5-18(6-4-2)16(19)17-10-13-7-14(11-17)9-15(8-13)12-17/h3-4,13-15H,1-2,5-12H2. The molecule has 19 heavy (non-hydrogen) atoms. The quantitative estimate of drug-likeness (QED) is 0.693. The van der Waals surface area contributed by atoms with Gasteiger partial charge in [0.2, 0.25) is 5.91 Å². The van der Waals surface area contributed by atoms with Gasteiger partial charge in [-0.2, -0.15) is 0 Å². The van der Waals surface area contributed by atoms with E-state index in [1.807, 2.05) is 17.1 Å². The van der Waals surface area contributed by atoms with Crippen LogP contribution in [0.5, 0.6) is 0 Å². The topological polar surface area (TPSA) is 20.3 Å². The van der Waals surface area contributed by atoms with Gasteiger partial charge in [-0.15, -0.1) is 13.2 Å². The predicted molar refractivity (Wildman–Crippen MR) is 77.6 cm³/mol. The lowest BCUT2D eigenvalue weighted by atomic mass is 9.49. The van der Waals surface area contributed by atoms with Crippen LogP contribution in [0.15, 0.2) is 25.3 Å². The van der Waals surface area contributed by atoms with E-state index < -0.39 is 0 Å². The van der Waals surface area contributed by atoms with Gasteiger partial charge in [0.05, 0.1) is 5.41 Å². The Kier molecular flexibility index (Phi) is 3.28. The third-order valence-electron chi connectivity index (χ3n) is 5.48. The zero-order chi connectivity index (χ0) is 13.5. The molecule has 0 aromatic carbocycles. The molecule has 0 radical (unpaired) electrons. The van der Waals surface area contributed by atoms with E-state index in [1.165, 1.54) is 19.3 Å². The highest BCUT2D eigenvalue weighted by atomic mass is 16.2. The van der Waals surface area contributed by atoms with Crippen molar-refractivity contribution in [3.8, 4) is 0 Å². The molecule has 4 aliphatic rings. The molecule has 0 aromatic heterocycles. The van der Waals surface area contributed by atoms with Gasteiger partial charge in [0.25, 0.3) is 0 Å². The summed E-state index contributed by atoms with van der Waals surface area (Å²) in [6.45, 7) is 8.89. The summed E-state index contributed by atoms with van der Waals surface area (Å²) in [7, 11) is 0. The largest absolute Gasteiger partial charge is 0.335 e. The lowest BCUT2D eigenvalue weighted by Crippen LogP contribution is -2.54. The smallest absolute Gasteiger partial charge is 0.229 e. The van der Waals surface area contributed by atoms with E-state index in [-0.39, 0.29) is 5.41 Å². The number of hydrogen-bond acceptors (Lipinski definition) is 1. The molecule has 0 heterocycles. The molecular formula is C17H25NO. The van der Waals surface area contributed by atoms with E-state index >= 15 is 0 Å². The molecule has 0 aliphatic heterocycles. The molecule has 0 aromatic rings. The number of carbonyl (C=O) groups excluding carboxylic acids is 1. The molecule has 1 amide bonds. The maximum absolute atomic E-state index is 13.0. The van der Waals surface area contributed by atoms with Gasteiger partial charge in [-0.25, -0.2) is 0 Å². The van der Waals surface area contributed by atoms with Gasteiger partial charge in [0.15, 0.2) is 0 Å². The Morgan fingerprint density at radius 2 is 1.42 bits per heavy atom. The van der Waals surface area contributed by atoms with E-state index in [0.29, 0.717) is 19.0 Å². The minimum atomic E-state index is -0.0270. The van der Waals surface area contributed by atoms with Crippen molar-refractivity contribution >= 4 is 5.91 Å². The van der Waals surface area contributed by atoms with Crippen LogP contribution < -0.4 is 0 Å². The fraction of sp³-hybridized carbons (Fsp3) is 0.706. The van der Waals surface area contributed by atoms with Crippen molar-refractivity contribution < 1.29 is 4.79 Å². The van der Waals surface area contributed by atoms with Gasteiger partial charge in [0.1, 0.15) is 0 Å². The molecule has 4 fully saturated rings. The zero-order valence-corrected chi connectivity index (χ0v) is 11.8. The summed E-state index contributed by atoms with van der Waals surface area (Å²) in [5.41, 5.74) is -0.0270. The molecule has 0 spiro atoms. The van der Waals surface area contributed by atoms with Crippen LogP contribution in [0.1, 0.15) is 38.5 Å². The number of carbonyl (C=O) groups is 1. The molecule has 0 saturated heterocycles. The van der Waals surface area contributed by atoms with Crippen molar-refractivity contribution in [1.82, 2.24) is 4.90 Å². The Bertz CT molecular complexity index is 353. The van der Waals surface area contributed by atoms with Crippen molar-refractivity contribution in [2.24, 2.45) is 23.2 Å². The SMILES string of the molecule is C=CCN(CC=C)C(=O)C12CC3CC(CC(C3)C1)C2. The number of nitrogens with zero attached hydrogens (tertiary/aromatic N) is 1. The second-order valence-electron chi connectivity index (χ2n) is 6.99. The molecule has 4 bridgehead atoms. The fourth-order valence-corrected chi connectivity index (χ4v) is 5.26. The zero-order valence-electron chi connectivity index (χ0n) is 11.8. The van der Waals surface area contributed by atoms with Crippen molar-refractivity contribution in [3.63, 3.8) is 0 Å². The van der Waals surface area contributed by atoms with Crippen molar-refractivity contribution in [2.75, 3.05) is 13.1 Å². The van der Waals surface area contributed by atoms with Crippen LogP contribution in [0.4, 0.5) is 0 Å². The Morgan fingerprint density at radius 3 is 1.79 bits per heavy atom. The van der Waals surface area contributed by atoms with Crippen LogP contribution >= 0.6 is 0 Å². The van der Waals surface area contributed by atoms with Crippen LogP contribution in [0.3, 0.4) is 0 Å². The van der Waals surface area contributed by atoms with Crippen LogP contribution in [0.25, 0.3) is 0 Å². The predicted octanol–water partition coefficient (Wildman–Crippen LogP) is 3.40. The summed E-state index contributed by atoms with van der Waals surface area (Å²) in [5, 5.41) is 0. The molecule has 4 saturated carbocycles. The molecule has 2 heteroatoms. The van der Waals surface area contributed by atoms with Crippen LogP contribution in [0.2, 0.25) is 0 Å². The van der Waals surface area contributed by atoms with Crippen molar-refractivity contribution in [2.45, 2.75) is 38.5 Å². The second kappa shape index (κ2) is 4.81. The summed E-state index contributed by atoms with van der Waals surface area (Å²) in [6.07, 6.45) is 11.2. The van der Waals surface area contributed by atoms with Crippen LogP contribution in [0, 0.1) is 23.2 Å². The summed E-state index contributed by atoms with van der Waals surface area (Å²) in [4.78, 5) is 15.0. The molecule has 0 atom stereocenters. The van der Waals surface area contributed by atoms with Gasteiger partial charge >= 0.3 is 0 Å². The average Bonchev–Trinajstić information content (AvgIpc) is 2.36. The Balaban J connectivity index is 1.81. The number of hydrogen-bond donors (Lipinski definition) is 0. The summed E-state index contributed by atoms with van der Waals surface area (Å²) in [6, 6.07) is 0. The monoisotopic (exact) mass is 259 g/mol. The van der Waals surface area contributed by atoms with E-state index in [1.54, 1.807) is 0 Å². The molecule has 2 nitrogen and oxygen atoms in total. The minimum absolute atomic E-state index is 0.0270. The molecular weight excluding hydrogens is 234 g/mol. The molecule has 104 valence electrons. The Hall–Kier alpha value is -1.05. The molecule has 4 rings (SSSR count). The third-order valence-corrected chi connectivity index (χ3v) is 5.48. The van der Waals surface area contributed by atoms with Crippen LogP contribution in [-0.4, -0.2) is 23.9 Å². The third kappa shape index (κ3) is 2.15. The number of rotatable bonds is 5. The van der Waals surface area contributed by atoms with Gasteiger partial charge < -0.3 is 4.90 Å². The lowest BCUT2D eigenvalue weighted by Gasteiger charge is -2.56. The molecule has 0 unspecified atom stereocenters. The first-order valence-electron chi connectivity index (χ1n) is 7.68. The first kappa shape index (κ1) is 13.0. The lowest BCUT2D eigenvalue weighted by molar-refractivity contribution is -0.156. The van der Waals surface area contributed by atoms with Gasteiger partial charge in [0, 0.05) is 13.1 Å². The summed E-state index contributed by atoms with van der Waals surface area (Å²) >= 11 is 0. The highest BCUT2D eigenvalue weighted by Crippen LogP contribution is 2.60. The maximum atomic E-state index is 13.0. The minimum Gasteiger partial charge on any atom is -0.335 e. The van der Waals surface area contributed by atoms with E-state index in [0.717, 1.165) is 37.0 Å². The van der Waals surface area contributed by atoms with Crippen molar-refractivity contribution in [1.29, 1.82) is 0 Å². The fourth-order valence-electron chi connectivity index (χ4n) is 5.26. The number of amides is 1. The average molecular weight is 259 g/mol. The summed E-state index contributed by atoms with van der Waals surface area (Å²) in [5.74, 6) is 2.85. The normalized spacial score (nSPS) is 39.1. The van der Waals surface area contributed by atoms with E-state index in [9.17, 15) is 4.79 Å². The van der Waals surface area contributed by atoms with Gasteiger partial charge in [-0.05, 0) is 56.3 Å². The Labute approximate surface area is 116 Å². The van der Waals surface area contributed by atoms with E-state index in [4.69, 9.17) is 0 Å². The first-order valence-corrected chi connectivity index (χ1v) is 7.68. The first-order chi connectivity index (χ1) is 9.16. The highest BCUT2D eigenvalue weighted by Gasteiger charge is 2.55. The van der Waals surface area contributed by atoms with Gasteiger partial charge in [-0.1, -0.05) is 12.2 Å². The second-order valence-corrected chi connectivity index (χ2v) is 6.99. The highest BCUT2D eigenvalue weighted by molar-refractivity contribution is 5.83. The van der Waals surface area contributed by atoms with E-state index in [2.05, 4.69) is 13.2 Å². The maximum Gasteiger partial charge on any atom is 0.229 e. The van der Waals surface area contributed by atoms with Crippen LogP contribution in [-0.2, 0) is 4.79 Å². The molecule has 4 aliphatic carbocycles. The van der Waals surface area contributed by atoms with Gasteiger partial charge in [-0.3, -0.25) is 4.79 Å². The van der Waals surface area contributed by atoms with Crippen molar-refractivity contribution in [3.05, 3.63) is 25.3 Å². The Morgan fingerprint density at radius 1 is 1.00 bits per heavy atom. The summed E-state index contributed by atoms with van der Waals surface area (Å²) < 4.78 is 0.